The Balaban J connectivity index is 2.40. The minimum Gasteiger partial charge on any atom is -0.353 e. The number of fused-ring (bicyclic) bond motifs is 2. The van der Waals surface area contributed by atoms with Gasteiger partial charge >= 0.3 is 0 Å². The van der Waals surface area contributed by atoms with Gasteiger partial charge in [0.05, 0.1) is 0 Å². The van der Waals surface area contributed by atoms with Crippen molar-refractivity contribution in [1.82, 2.24) is 0 Å². The van der Waals surface area contributed by atoms with Crippen LogP contribution in [0.3, 0.4) is 0 Å². The average Bonchev–Trinajstić information content (AvgIpc) is 2.68. The van der Waals surface area contributed by atoms with Crippen molar-refractivity contribution in [3.8, 4) is 0 Å². The van der Waals surface area contributed by atoms with E-state index in [4.69, 9.17) is 0 Å². The quantitative estimate of drug-likeness (QED) is 0.320. The van der Waals surface area contributed by atoms with Crippen molar-refractivity contribution in [2.75, 3.05) is 0 Å². The van der Waals surface area contributed by atoms with Gasteiger partial charge in [-0.3, -0.25) is 19.2 Å². The Hall–Kier alpha value is -2.26. The van der Waals surface area contributed by atoms with Crippen LogP contribution in [0.4, 0.5) is 0 Å². The molecule has 0 amide bonds. The second-order valence-electron chi connectivity index (χ2n) is 5.01. The van der Waals surface area contributed by atoms with Crippen molar-refractivity contribution in [3.63, 3.8) is 0 Å². The Bertz CT molecular complexity index is 722. The van der Waals surface area contributed by atoms with Gasteiger partial charge in [0.2, 0.25) is 23.1 Å². The summed E-state index contributed by atoms with van der Waals surface area (Å²) in [6.07, 6.45) is 0. The predicted molar refractivity (Wildman–Crippen MR) is 62.8 cm³/mol. The maximum Gasteiger partial charge on any atom is 0.295 e. The van der Waals surface area contributed by atoms with Gasteiger partial charge in [0.15, 0.2) is 0 Å². The second kappa shape index (κ2) is 3.49. The summed E-state index contributed by atoms with van der Waals surface area (Å²) in [5.41, 5.74) is -1.89. The van der Waals surface area contributed by atoms with Crippen molar-refractivity contribution in [3.05, 3.63) is 33.9 Å². The highest BCUT2D eigenvalue weighted by Crippen LogP contribution is 2.39. The first-order valence-electron chi connectivity index (χ1n) is 5.79. The fourth-order valence-electron chi connectivity index (χ4n) is 2.69. The van der Waals surface area contributed by atoms with E-state index in [2.05, 4.69) is 0 Å². The largest absolute Gasteiger partial charge is 0.353 e. The number of hydrogen-bond acceptors (Lipinski definition) is 8. The van der Waals surface area contributed by atoms with Gasteiger partial charge in [-0.05, 0) is 18.6 Å². The number of ketones is 4. The highest BCUT2D eigenvalue weighted by atomic mass is 16.5. The molecule has 2 aliphatic rings. The third-order valence-corrected chi connectivity index (χ3v) is 3.79. The van der Waals surface area contributed by atoms with Gasteiger partial charge in [0.25, 0.3) is 11.6 Å². The molecule has 0 fully saturated rings. The Kier molecular flexibility index (Phi) is 2.28. The van der Waals surface area contributed by atoms with Gasteiger partial charge < -0.3 is 20.4 Å². The monoisotopic (exact) mass is 292 g/mol. The van der Waals surface area contributed by atoms with Crippen LogP contribution in [0.25, 0.3) is 0 Å². The average molecular weight is 292 g/mol. The molecule has 1 aromatic carbocycles. The fourth-order valence-corrected chi connectivity index (χ4v) is 2.69. The summed E-state index contributed by atoms with van der Waals surface area (Å²) in [7, 11) is 0. The molecule has 8 nitrogen and oxygen atoms in total. The van der Waals surface area contributed by atoms with E-state index in [-0.39, 0.29) is 5.56 Å². The first-order chi connectivity index (χ1) is 9.52. The molecule has 3 rings (SSSR count). The number of hydrogen-bond donors (Lipinski definition) is 4. The number of rotatable bonds is 0. The molecular formula is C13H8O8. The molecule has 0 radical (unpaired) electrons. The van der Waals surface area contributed by atoms with E-state index >= 15 is 0 Å². The summed E-state index contributed by atoms with van der Waals surface area (Å²) in [4.78, 5) is 47.3. The van der Waals surface area contributed by atoms with Crippen molar-refractivity contribution < 1.29 is 39.6 Å². The lowest BCUT2D eigenvalue weighted by Gasteiger charge is -2.10. The molecule has 4 N–H and O–H groups in total. The standard InChI is InChI=1S/C13H8O8/c1-3-6-4(8(14)12(18,19)10(6)16)2-5-7(3)11(17)13(20,21)9(5)15/h2,18-21H,1H3. The second-order valence-corrected chi connectivity index (χ2v) is 5.01. The normalized spacial score (nSPS) is 21.8. The first-order valence-corrected chi connectivity index (χ1v) is 5.79. The van der Waals surface area contributed by atoms with Crippen LogP contribution in [-0.4, -0.2) is 55.1 Å². The maximum atomic E-state index is 11.9. The first kappa shape index (κ1) is 13.7. The van der Waals surface area contributed by atoms with Gasteiger partial charge in [0, 0.05) is 22.3 Å². The van der Waals surface area contributed by atoms with Crippen LogP contribution in [0.1, 0.15) is 47.0 Å². The third-order valence-electron chi connectivity index (χ3n) is 3.79. The van der Waals surface area contributed by atoms with Crippen LogP contribution in [0.2, 0.25) is 0 Å². The Labute approximate surface area is 116 Å². The van der Waals surface area contributed by atoms with Crippen LogP contribution in [-0.2, 0) is 0 Å². The van der Waals surface area contributed by atoms with Gasteiger partial charge in [-0.2, -0.15) is 0 Å². The van der Waals surface area contributed by atoms with Gasteiger partial charge in [0.1, 0.15) is 0 Å². The smallest absolute Gasteiger partial charge is 0.295 e. The van der Waals surface area contributed by atoms with Crippen LogP contribution in [0, 0.1) is 6.92 Å². The fraction of sp³-hybridized carbons (Fsp3) is 0.231. The zero-order valence-electron chi connectivity index (χ0n) is 10.5. The molecule has 0 aliphatic heterocycles. The molecule has 21 heavy (non-hydrogen) atoms. The number of aliphatic hydroxyl groups is 4. The number of Topliss-reactive ketones (excluding diaryl/α,β-unsaturated/α-hetero) is 4. The summed E-state index contributed by atoms with van der Waals surface area (Å²) in [5, 5.41) is 37.9. The molecule has 0 heterocycles. The molecule has 2 aliphatic carbocycles. The van der Waals surface area contributed by atoms with Crippen LogP contribution in [0.15, 0.2) is 6.07 Å². The van der Waals surface area contributed by atoms with E-state index in [9.17, 15) is 39.6 Å². The lowest BCUT2D eigenvalue weighted by Crippen LogP contribution is -2.41. The molecule has 0 aromatic heterocycles. The lowest BCUT2D eigenvalue weighted by molar-refractivity contribution is -0.0862. The molecule has 0 saturated heterocycles. The summed E-state index contributed by atoms with van der Waals surface area (Å²) in [5.74, 6) is -11.8. The summed E-state index contributed by atoms with van der Waals surface area (Å²) < 4.78 is 0. The maximum absolute atomic E-state index is 11.9. The Morgan fingerprint density at radius 3 is 1.38 bits per heavy atom. The minimum atomic E-state index is -3.25. The number of carbonyl (C=O) groups excluding carboxylic acids is 4. The van der Waals surface area contributed by atoms with E-state index in [0.717, 1.165) is 6.07 Å². The van der Waals surface area contributed by atoms with E-state index in [1.807, 2.05) is 0 Å². The van der Waals surface area contributed by atoms with Crippen molar-refractivity contribution >= 4 is 23.1 Å². The molecule has 0 spiro atoms. The van der Waals surface area contributed by atoms with Gasteiger partial charge in [-0.15, -0.1) is 0 Å². The summed E-state index contributed by atoms with van der Waals surface area (Å²) in [6.45, 7) is 1.21. The summed E-state index contributed by atoms with van der Waals surface area (Å²) >= 11 is 0. The number of benzene rings is 1. The van der Waals surface area contributed by atoms with Crippen LogP contribution >= 0.6 is 0 Å². The molecular weight excluding hydrogens is 284 g/mol. The topological polar surface area (TPSA) is 149 Å². The van der Waals surface area contributed by atoms with Crippen molar-refractivity contribution in [2.24, 2.45) is 0 Å². The predicted octanol–water partition coefficient (Wildman–Crippen LogP) is -1.89. The molecule has 8 heteroatoms. The van der Waals surface area contributed by atoms with E-state index in [1.165, 1.54) is 6.92 Å². The Morgan fingerprint density at radius 1 is 0.714 bits per heavy atom. The number of carbonyl (C=O) groups is 4. The van der Waals surface area contributed by atoms with E-state index in [1.54, 1.807) is 0 Å². The van der Waals surface area contributed by atoms with E-state index in [0.29, 0.717) is 0 Å². The molecule has 0 saturated carbocycles. The highest BCUT2D eigenvalue weighted by Gasteiger charge is 2.57. The minimum absolute atomic E-state index is 0.172. The summed E-state index contributed by atoms with van der Waals surface area (Å²) in [6, 6.07) is 0.806. The zero-order valence-corrected chi connectivity index (χ0v) is 10.5. The molecule has 1 aromatic rings. The molecule has 0 bridgehead atoms. The lowest BCUT2D eigenvalue weighted by atomic mass is 9.94. The SMILES string of the molecule is Cc1c2c(cc3c1C(=O)C(O)(O)C3=O)C(=O)C(O)(O)C2=O. The van der Waals surface area contributed by atoms with Crippen LogP contribution in [0.5, 0.6) is 0 Å². The van der Waals surface area contributed by atoms with Gasteiger partial charge in [-0.25, -0.2) is 0 Å². The highest BCUT2D eigenvalue weighted by molar-refractivity contribution is 6.36. The molecule has 108 valence electrons. The van der Waals surface area contributed by atoms with Crippen molar-refractivity contribution in [2.45, 2.75) is 18.5 Å². The third kappa shape index (κ3) is 1.32. The zero-order chi connectivity index (χ0) is 15.9. The van der Waals surface area contributed by atoms with Gasteiger partial charge in [-0.1, -0.05) is 0 Å². The molecule has 0 unspecified atom stereocenters. The van der Waals surface area contributed by atoms with E-state index < -0.39 is 57.0 Å². The Morgan fingerprint density at radius 2 is 1.05 bits per heavy atom. The molecule has 0 atom stereocenters. The van der Waals surface area contributed by atoms with Crippen molar-refractivity contribution in [1.29, 1.82) is 0 Å². The van der Waals surface area contributed by atoms with Crippen LogP contribution < -0.4 is 0 Å².